The van der Waals surface area contributed by atoms with Crippen LogP contribution in [0.3, 0.4) is 0 Å². The molecule has 0 aromatic rings. The highest BCUT2D eigenvalue weighted by Gasteiger charge is 1.91. The van der Waals surface area contributed by atoms with E-state index < -0.39 is 0 Å². The Morgan fingerprint density at radius 3 is 1.57 bits per heavy atom. The van der Waals surface area contributed by atoms with Crippen LogP contribution in [0.2, 0.25) is 0 Å². The Kier molecular flexibility index (Phi) is 9.40. The van der Waals surface area contributed by atoms with E-state index >= 15 is 0 Å². The van der Waals surface area contributed by atoms with E-state index in [-0.39, 0.29) is 8.41 Å². The minimum absolute atomic E-state index is 0. The number of hydrogen-bond acceptors (Lipinski definition) is 0. The molecule has 0 aliphatic heterocycles. The monoisotopic (exact) mass is 117 g/mol. The van der Waals surface area contributed by atoms with E-state index in [9.17, 15) is 0 Å². The van der Waals surface area contributed by atoms with Crippen LogP contribution in [0.1, 0.15) is 26.7 Å². The third kappa shape index (κ3) is 6.35. The fourth-order valence-electron chi connectivity index (χ4n) is 0.289. The summed E-state index contributed by atoms with van der Waals surface area (Å²) in [5.41, 5.74) is 0. The van der Waals surface area contributed by atoms with Crippen molar-refractivity contribution in [2.45, 2.75) is 32.1 Å². The fraction of sp³-hybridized carbons (Fsp3) is 1.00. The molecular weight excluding hydrogens is 106 g/mol. The second kappa shape index (κ2) is 6.35. The van der Waals surface area contributed by atoms with Crippen molar-refractivity contribution in [2.24, 2.45) is 0 Å². The van der Waals surface area contributed by atoms with Gasteiger partial charge in [-0.3, -0.25) is 0 Å². The van der Waals surface area contributed by atoms with Crippen LogP contribution in [0.25, 0.3) is 0 Å². The van der Waals surface area contributed by atoms with Gasteiger partial charge in [-0.1, -0.05) is 13.8 Å². The summed E-state index contributed by atoms with van der Waals surface area (Å²) < 4.78 is 0. The molecule has 0 nitrogen and oxygen atoms in total. The molecule has 0 amide bonds. The number of hydrogen-bond donors (Lipinski definition) is 0. The van der Waals surface area contributed by atoms with E-state index in [0.717, 1.165) is 12.8 Å². The van der Waals surface area contributed by atoms with Gasteiger partial charge in [0, 0.05) is 13.8 Å². The van der Waals surface area contributed by atoms with Crippen molar-refractivity contribution in [3.8, 4) is 0 Å². The Labute approximate surface area is 52.8 Å². The normalized spacial score (nSPS) is 8.57. The van der Waals surface area contributed by atoms with Gasteiger partial charge in [0.2, 0.25) is 0 Å². The molecule has 0 N–H and O–H groups in total. The summed E-state index contributed by atoms with van der Waals surface area (Å²) in [6.45, 7) is 4.20. The van der Waals surface area contributed by atoms with Gasteiger partial charge in [-0.25, -0.2) is 0 Å². The summed E-state index contributed by atoms with van der Waals surface area (Å²) in [6, 6.07) is 0. The molecule has 41 valence electrons. The molecule has 0 saturated heterocycles. The van der Waals surface area contributed by atoms with Crippen LogP contribution < -0.4 is 0 Å². The molecule has 0 aromatic carbocycles. The Bertz CT molecular complexity index is 27.3. The van der Waals surface area contributed by atoms with E-state index in [0.29, 0.717) is 5.38 Å². The molecule has 0 unspecified atom stereocenters. The first kappa shape index (κ1) is 10.4. The lowest BCUT2D eigenvalue weighted by Gasteiger charge is -1.95. The highest BCUT2D eigenvalue weighted by Crippen LogP contribution is 2.03. The van der Waals surface area contributed by atoms with Gasteiger partial charge in [0.15, 0.2) is 0 Å². The molecule has 3 radical (unpaired) electrons. The van der Waals surface area contributed by atoms with Gasteiger partial charge in [-0.15, -0.1) is 11.6 Å². The average Bonchev–Trinajstić information content (AvgIpc) is 1.65. The Morgan fingerprint density at radius 1 is 1.29 bits per heavy atom. The van der Waals surface area contributed by atoms with Gasteiger partial charge in [0.1, 0.15) is 0 Å². The van der Waals surface area contributed by atoms with E-state index in [1.165, 1.54) is 0 Å². The highest BCUT2D eigenvalue weighted by molar-refractivity contribution is 6.20. The molecule has 0 heterocycles. The molecule has 0 spiro atoms. The molecule has 7 heavy (non-hydrogen) atoms. The van der Waals surface area contributed by atoms with Gasteiger partial charge in [0.05, 0.1) is 0 Å². The van der Waals surface area contributed by atoms with Gasteiger partial charge in [-0.2, -0.15) is 0 Å². The van der Waals surface area contributed by atoms with E-state index in [2.05, 4.69) is 13.8 Å². The zero-order valence-corrected chi connectivity index (χ0v) is 5.70. The molecule has 0 aliphatic rings. The lowest BCUT2D eigenvalue weighted by molar-refractivity contribution is 0.782. The van der Waals surface area contributed by atoms with Crippen molar-refractivity contribution in [3.05, 3.63) is 0 Å². The molecule has 0 bridgehead atoms. The molecule has 0 aliphatic carbocycles. The fourth-order valence-corrected chi connectivity index (χ4v) is 0.289. The quantitative estimate of drug-likeness (QED) is 0.383. The second-order valence-electron chi connectivity index (χ2n) is 1.41. The molecule has 2 heteroatoms. The topological polar surface area (TPSA) is 0 Å². The van der Waals surface area contributed by atoms with E-state index in [1.807, 2.05) is 0 Å². The van der Waals surface area contributed by atoms with Gasteiger partial charge >= 0.3 is 0 Å². The molecule has 0 rings (SSSR count). The van der Waals surface area contributed by atoms with E-state index in [1.54, 1.807) is 0 Å². The molecule has 0 aromatic heterocycles. The highest BCUT2D eigenvalue weighted by atomic mass is 35.5. The third-order valence-electron chi connectivity index (χ3n) is 0.886. The predicted molar refractivity (Wildman–Crippen MR) is 36.0 cm³/mol. The Balaban J connectivity index is 0. The van der Waals surface area contributed by atoms with Crippen LogP contribution in [0, 0.1) is 0 Å². The Hall–Kier alpha value is 0.355. The third-order valence-corrected chi connectivity index (χ3v) is 1.50. The summed E-state index contributed by atoms with van der Waals surface area (Å²) >= 11 is 5.65. The first-order valence-electron chi connectivity index (χ1n) is 2.45. The van der Waals surface area contributed by atoms with Crippen LogP contribution in [0.5, 0.6) is 0 Å². The van der Waals surface area contributed by atoms with E-state index in [4.69, 9.17) is 11.6 Å². The maximum absolute atomic E-state index is 5.65. The van der Waals surface area contributed by atoms with Crippen molar-refractivity contribution in [2.75, 3.05) is 0 Å². The Morgan fingerprint density at radius 2 is 1.57 bits per heavy atom. The lowest BCUT2D eigenvalue weighted by Crippen LogP contribution is -1.89. The van der Waals surface area contributed by atoms with Crippen molar-refractivity contribution in [1.29, 1.82) is 0 Å². The minimum atomic E-state index is 0. The van der Waals surface area contributed by atoms with Crippen LogP contribution in [-0.4, -0.2) is 13.8 Å². The molecule has 0 saturated carbocycles. The van der Waals surface area contributed by atoms with Crippen molar-refractivity contribution in [1.82, 2.24) is 0 Å². The second-order valence-corrected chi connectivity index (χ2v) is 2.03. The predicted octanol–water partition coefficient (Wildman–Crippen LogP) is 2.03. The standard InChI is InChI=1S/C5H11Cl.B/c1-3-5(6)4-2;/h5H,3-4H2,1-2H3;. The van der Waals surface area contributed by atoms with Crippen LogP contribution in [0.15, 0.2) is 0 Å². The number of rotatable bonds is 2. The van der Waals surface area contributed by atoms with Crippen LogP contribution in [-0.2, 0) is 0 Å². The number of alkyl halides is 1. The van der Waals surface area contributed by atoms with Crippen molar-refractivity contribution < 1.29 is 0 Å². The largest absolute Gasteiger partial charge is 0.123 e. The number of halogens is 1. The zero-order valence-electron chi connectivity index (χ0n) is 4.95. The maximum Gasteiger partial charge on any atom is 0.0330 e. The summed E-state index contributed by atoms with van der Waals surface area (Å²) in [5, 5.41) is 0.407. The molecular formula is C5H11BCl. The van der Waals surface area contributed by atoms with Gasteiger partial charge in [0.25, 0.3) is 0 Å². The van der Waals surface area contributed by atoms with Crippen molar-refractivity contribution >= 4 is 20.0 Å². The van der Waals surface area contributed by atoms with Crippen molar-refractivity contribution in [3.63, 3.8) is 0 Å². The molecule has 0 atom stereocenters. The average molecular weight is 117 g/mol. The minimum Gasteiger partial charge on any atom is -0.123 e. The summed E-state index contributed by atoms with van der Waals surface area (Å²) in [6.07, 6.45) is 2.19. The first-order valence-corrected chi connectivity index (χ1v) is 2.89. The first-order chi connectivity index (χ1) is 2.81. The maximum atomic E-state index is 5.65. The lowest BCUT2D eigenvalue weighted by atomic mass is 10.3. The summed E-state index contributed by atoms with van der Waals surface area (Å²) in [5.74, 6) is 0. The smallest absolute Gasteiger partial charge is 0.0330 e. The summed E-state index contributed by atoms with van der Waals surface area (Å²) in [4.78, 5) is 0. The summed E-state index contributed by atoms with van der Waals surface area (Å²) in [7, 11) is 0. The van der Waals surface area contributed by atoms with Crippen LogP contribution in [0.4, 0.5) is 0 Å². The van der Waals surface area contributed by atoms with Gasteiger partial charge in [-0.05, 0) is 12.8 Å². The van der Waals surface area contributed by atoms with Gasteiger partial charge < -0.3 is 0 Å². The SMILES string of the molecule is CCC(Cl)CC.[B]. The van der Waals surface area contributed by atoms with Crippen LogP contribution >= 0.6 is 11.6 Å². The molecule has 0 fully saturated rings. The zero-order chi connectivity index (χ0) is 4.99.